The quantitative estimate of drug-likeness (QED) is 0.792. The first-order chi connectivity index (χ1) is 11.1. The van der Waals surface area contributed by atoms with Crippen LogP contribution in [-0.2, 0) is 4.74 Å². The first-order valence-electron chi connectivity index (χ1n) is 8.05. The molecule has 3 rings (SSSR count). The highest BCUT2D eigenvalue weighted by Gasteiger charge is 2.37. The minimum Gasteiger partial charge on any atom is -0.379 e. The van der Waals surface area contributed by atoms with Crippen LogP contribution in [0.25, 0.3) is 0 Å². The van der Waals surface area contributed by atoms with Crippen LogP contribution in [0, 0.1) is 11.7 Å². The average Bonchev–Trinajstić information content (AvgIpc) is 2.96. The normalized spacial score (nSPS) is 25.8. The molecule has 4 nitrogen and oxygen atoms in total. The highest BCUT2D eigenvalue weighted by molar-refractivity contribution is 7.98. The van der Waals surface area contributed by atoms with Gasteiger partial charge in [0, 0.05) is 37.1 Å². The summed E-state index contributed by atoms with van der Waals surface area (Å²) in [6.45, 7) is 6.84. The summed E-state index contributed by atoms with van der Waals surface area (Å²) in [5.74, 6) is -0.221. The molecule has 1 aromatic rings. The Kier molecular flexibility index (Phi) is 5.24. The van der Waals surface area contributed by atoms with E-state index in [1.807, 2.05) is 11.2 Å². The number of halogens is 1. The highest BCUT2D eigenvalue weighted by atomic mass is 32.2. The molecule has 0 spiro atoms. The van der Waals surface area contributed by atoms with Crippen LogP contribution < -0.4 is 0 Å². The number of nitrogens with zero attached hydrogens (tertiary/aromatic N) is 2. The Morgan fingerprint density at radius 2 is 2.04 bits per heavy atom. The van der Waals surface area contributed by atoms with Crippen LogP contribution in [0.15, 0.2) is 23.1 Å². The van der Waals surface area contributed by atoms with E-state index < -0.39 is 5.82 Å². The van der Waals surface area contributed by atoms with Crippen molar-refractivity contribution in [3.8, 4) is 0 Å². The summed E-state index contributed by atoms with van der Waals surface area (Å²) < 4.78 is 19.6. The van der Waals surface area contributed by atoms with Gasteiger partial charge in [-0.1, -0.05) is 13.0 Å². The molecule has 2 saturated heterocycles. The van der Waals surface area contributed by atoms with Gasteiger partial charge in [-0.25, -0.2) is 4.39 Å². The van der Waals surface area contributed by atoms with E-state index in [0.717, 1.165) is 26.3 Å². The van der Waals surface area contributed by atoms with E-state index >= 15 is 0 Å². The standard InChI is InChI=1S/C17H23FN2O2S/c1-12-10-20(11-14(12)19-6-8-22-9-7-19)17(21)16-13(18)4-3-5-15(16)23-2/h3-5,12,14H,6-11H2,1-2H3/t12-,14+/m0/s1. The van der Waals surface area contributed by atoms with Gasteiger partial charge in [-0.15, -0.1) is 11.8 Å². The molecule has 0 bridgehead atoms. The Hall–Kier alpha value is -1.11. The van der Waals surface area contributed by atoms with Crippen molar-refractivity contribution in [2.75, 3.05) is 45.6 Å². The monoisotopic (exact) mass is 338 g/mol. The number of thioether (sulfide) groups is 1. The summed E-state index contributed by atoms with van der Waals surface area (Å²) in [6.07, 6.45) is 1.87. The van der Waals surface area contributed by atoms with Gasteiger partial charge < -0.3 is 9.64 Å². The molecule has 0 unspecified atom stereocenters. The molecule has 2 aliphatic rings. The molecule has 0 aliphatic carbocycles. The van der Waals surface area contributed by atoms with Crippen molar-refractivity contribution in [2.24, 2.45) is 5.92 Å². The van der Waals surface area contributed by atoms with Gasteiger partial charge >= 0.3 is 0 Å². The summed E-state index contributed by atoms with van der Waals surface area (Å²) in [5, 5.41) is 0. The zero-order valence-electron chi connectivity index (χ0n) is 13.6. The summed E-state index contributed by atoms with van der Waals surface area (Å²) in [6, 6.07) is 5.17. The van der Waals surface area contributed by atoms with E-state index in [0.29, 0.717) is 29.9 Å². The highest BCUT2D eigenvalue weighted by Crippen LogP contribution is 2.28. The van der Waals surface area contributed by atoms with Gasteiger partial charge in [0.25, 0.3) is 5.91 Å². The van der Waals surface area contributed by atoms with E-state index in [1.165, 1.54) is 17.8 Å². The minimum absolute atomic E-state index is 0.185. The van der Waals surface area contributed by atoms with Crippen molar-refractivity contribution in [3.63, 3.8) is 0 Å². The summed E-state index contributed by atoms with van der Waals surface area (Å²) in [4.78, 5) is 17.8. The van der Waals surface area contributed by atoms with Gasteiger partial charge in [0.05, 0.1) is 18.8 Å². The predicted octanol–water partition coefficient (Wildman–Crippen LogP) is 2.34. The van der Waals surface area contributed by atoms with Crippen molar-refractivity contribution in [1.82, 2.24) is 9.80 Å². The van der Waals surface area contributed by atoms with Crippen LogP contribution in [0.5, 0.6) is 0 Å². The number of morpholine rings is 1. The van der Waals surface area contributed by atoms with Crippen LogP contribution in [0.1, 0.15) is 17.3 Å². The topological polar surface area (TPSA) is 32.8 Å². The second-order valence-electron chi connectivity index (χ2n) is 6.22. The molecule has 1 amide bonds. The molecule has 0 saturated carbocycles. The largest absolute Gasteiger partial charge is 0.379 e. The van der Waals surface area contributed by atoms with Crippen LogP contribution >= 0.6 is 11.8 Å². The molecule has 6 heteroatoms. The molecule has 0 radical (unpaired) electrons. The van der Waals surface area contributed by atoms with E-state index in [9.17, 15) is 9.18 Å². The summed E-state index contributed by atoms with van der Waals surface area (Å²) in [7, 11) is 0. The number of amides is 1. The van der Waals surface area contributed by atoms with Gasteiger partial charge in [0.1, 0.15) is 5.82 Å². The molecular formula is C17H23FN2O2S. The number of benzene rings is 1. The lowest BCUT2D eigenvalue weighted by molar-refractivity contribution is 0.0119. The maximum absolute atomic E-state index is 14.2. The van der Waals surface area contributed by atoms with Crippen LogP contribution in [-0.4, -0.2) is 67.4 Å². The molecule has 2 fully saturated rings. The van der Waals surface area contributed by atoms with E-state index in [-0.39, 0.29) is 11.5 Å². The van der Waals surface area contributed by atoms with E-state index in [2.05, 4.69) is 11.8 Å². The maximum Gasteiger partial charge on any atom is 0.258 e. The zero-order chi connectivity index (χ0) is 16.4. The second-order valence-corrected chi connectivity index (χ2v) is 7.07. The van der Waals surface area contributed by atoms with Gasteiger partial charge in [-0.3, -0.25) is 9.69 Å². The Balaban J connectivity index is 1.76. The maximum atomic E-state index is 14.2. The zero-order valence-corrected chi connectivity index (χ0v) is 14.4. The fourth-order valence-electron chi connectivity index (χ4n) is 3.54. The number of hydrogen-bond acceptors (Lipinski definition) is 4. The lowest BCUT2D eigenvalue weighted by Gasteiger charge is -2.34. The lowest BCUT2D eigenvalue weighted by Crippen LogP contribution is -2.47. The Morgan fingerprint density at radius 3 is 2.74 bits per heavy atom. The van der Waals surface area contributed by atoms with Crippen molar-refractivity contribution >= 4 is 17.7 Å². The van der Waals surface area contributed by atoms with E-state index in [1.54, 1.807) is 12.1 Å². The minimum atomic E-state index is -0.427. The Bertz CT molecular complexity index is 578. The number of carbonyl (C=O) groups excluding carboxylic acids is 1. The molecular weight excluding hydrogens is 315 g/mol. The number of likely N-dealkylation sites (tertiary alicyclic amines) is 1. The smallest absolute Gasteiger partial charge is 0.258 e. The van der Waals surface area contributed by atoms with Crippen molar-refractivity contribution in [2.45, 2.75) is 17.9 Å². The van der Waals surface area contributed by atoms with Crippen LogP contribution in [0.3, 0.4) is 0 Å². The number of ether oxygens (including phenoxy) is 1. The average molecular weight is 338 g/mol. The molecule has 1 aromatic carbocycles. The number of carbonyl (C=O) groups is 1. The molecule has 0 aromatic heterocycles. The third-order valence-electron chi connectivity index (χ3n) is 4.78. The van der Waals surface area contributed by atoms with Crippen molar-refractivity contribution in [1.29, 1.82) is 0 Å². The first kappa shape index (κ1) is 16.7. The molecule has 2 heterocycles. The third-order valence-corrected chi connectivity index (χ3v) is 5.56. The van der Waals surface area contributed by atoms with Crippen molar-refractivity contribution in [3.05, 3.63) is 29.6 Å². The molecule has 2 atom stereocenters. The first-order valence-corrected chi connectivity index (χ1v) is 9.28. The molecule has 126 valence electrons. The third kappa shape index (κ3) is 3.39. The van der Waals surface area contributed by atoms with E-state index in [4.69, 9.17) is 4.74 Å². The number of hydrogen-bond donors (Lipinski definition) is 0. The van der Waals surface area contributed by atoms with Gasteiger partial charge in [0.15, 0.2) is 0 Å². The van der Waals surface area contributed by atoms with Crippen LogP contribution in [0.2, 0.25) is 0 Å². The summed E-state index contributed by atoms with van der Waals surface area (Å²) >= 11 is 1.41. The molecule has 23 heavy (non-hydrogen) atoms. The summed E-state index contributed by atoms with van der Waals surface area (Å²) in [5.41, 5.74) is 0.217. The van der Waals surface area contributed by atoms with Crippen LogP contribution in [0.4, 0.5) is 4.39 Å². The SMILES string of the molecule is CSc1cccc(F)c1C(=O)N1C[C@@H](N2CCOCC2)[C@@H](C)C1. The van der Waals surface area contributed by atoms with Crippen molar-refractivity contribution < 1.29 is 13.9 Å². The Morgan fingerprint density at radius 1 is 1.30 bits per heavy atom. The Labute approximate surface area is 141 Å². The lowest BCUT2D eigenvalue weighted by atomic mass is 10.0. The predicted molar refractivity (Wildman–Crippen MR) is 89.4 cm³/mol. The fraction of sp³-hybridized carbons (Fsp3) is 0.588. The van der Waals surface area contributed by atoms with Gasteiger partial charge in [0.2, 0.25) is 0 Å². The molecule has 2 aliphatic heterocycles. The fourth-order valence-corrected chi connectivity index (χ4v) is 4.14. The molecule has 0 N–H and O–H groups in total. The van der Waals surface area contributed by atoms with Gasteiger partial charge in [-0.2, -0.15) is 0 Å². The van der Waals surface area contributed by atoms with Gasteiger partial charge in [-0.05, 0) is 24.3 Å². The second kappa shape index (κ2) is 7.20. The number of rotatable bonds is 3.